The number of aromatic nitrogens is 1. The van der Waals surface area contributed by atoms with Gasteiger partial charge < -0.3 is 15.5 Å². The molecule has 0 aliphatic rings. The number of carbonyl (C=O) groups excluding carboxylic acids is 1. The molecular formula is C12H19ClN4O. The molecule has 0 aliphatic carbocycles. The van der Waals surface area contributed by atoms with Gasteiger partial charge in [-0.3, -0.25) is 4.79 Å². The van der Waals surface area contributed by atoms with Gasteiger partial charge in [-0.1, -0.05) is 11.6 Å². The van der Waals surface area contributed by atoms with Gasteiger partial charge in [-0.25, -0.2) is 4.98 Å². The first-order chi connectivity index (χ1) is 8.45. The van der Waals surface area contributed by atoms with E-state index in [4.69, 9.17) is 11.6 Å². The van der Waals surface area contributed by atoms with Gasteiger partial charge in [0.05, 0.1) is 5.02 Å². The molecule has 18 heavy (non-hydrogen) atoms. The highest BCUT2D eigenvalue weighted by atomic mass is 35.5. The van der Waals surface area contributed by atoms with Gasteiger partial charge in [0.15, 0.2) is 0 Å². The highest BCUT2D eigenvalue weighted by Gasteiger charge is 2.14. The van der Waals surface area contributed by atoms with Crippen LogP contribution in [-0.4, -0.2) is 49.5 Å². The van der Waals surface area contributed by atoms with Crippen LogP contribution in [0.1, 0.15) is 17.4 Å². The zero-order chi connectivity index (χ0) is 13.7. The Bertz CT molecular complexity index is 423. The highest BCUT2D eigenvalue weighted by molar-refractivity contribution is 6.33. The fourth-order valence-corrected chi connectivity index (χ4v) is 1.44. The van der Waals surface area contributed by atoms with E-state index in [0.717, 1.165) is 0 Å². The van der Waals surface area contributed by atoms with E-state index in [1.54, 1.807) is 19.2 Å². The topological polar surface area (TPSA) is 57.3 Å². The van der Waals surface area contributed by atoms with E-state index < -0.39 is 0 Å². The summed E-state index contributed by atoms with van der Waals surface area (Å²) in [6.07, 6.45) is 0. The van der Waals surface area contributed by atoms with E-state index in [1.807, 2.05) is 25.9 Å². The molecule has 1 rings (SSSR count). The number of rotatable bonds is 5. The van der Waals surface area contributed by atoms with Crippen LogP contribution in [0.3, 0.4) is 0 Å². The summed E-state index contributed by atoms with van der Waals surface area (Å²) >= 11 is 5.96. The zero-order valence-electron chi connectivity index (χ0n) is 11.1. The molecule has 1 aromatic heterocycles. The first-order valence-electron chi connectivity index (χ1n) is 5.74. The van der Waals surface area contributed by atoms with E-state index in [9.17, 15) is 4.79 Å². The van der Waals surface area contributed by atoms with Gasteiger partial charge in [0.25, 0.3) is 5.91 Å². The average molecular weight is 271 g/mol. The number of hydrogen-bond acceptors (Lipinski definition) is 4. The molecular weight excluding hydrogens is 252 g/mol. The Hall–Kier alpha value is -1.33. The van der Waals surface area contributed by atoms with Crippen LogP contribution in [0.2, 0.25) is 5.02 Å². The first kappa shape index (κ1) is 14.7. The maximum Gasteiger partial charge on any atom is 0.271 e. The predicted molar refractivity (Wildman–Crippen MR) is 74.3 cm³/mol. The lowest BCUT2D eigenvalue weighted by Gasteiger charge is -2.20. The highest BCUT2D eigenvalue weighted by Crippen LogP contribution is 2.16. The van der Waals surface area contributed by atoms with Gasteiger partial charge >= 0.3 is 0 Å². The van der Waals surface area contributed by atoms with Gasteiger partial charge in [-0.15, -0.1) is 0 Å². The second-order valence-corrected chi connectivity index (χ2v) is 4.71. The largest absolute Gasteiger partial charge is 0.373 e. The van der Waals surface area contributed by atoms with Crippen LogP contribution in [0.4, 0.5) is 5.82 Å². The van der Waals surface area contributed by atoms with Crippen molar-refractivity contribution in [3.8, 4) is 0 Å². The molecule has 1 amide bonds. The predicted octanol–water partition coefficient (Wildman–Crippen LogP) is 1.46. The van der Waals surface area contributed by atoms with E-state index in [0.29, 0.717) is 17.4 Å². The van der Waals surface area contributed by atoms with Crippen LogP contribution in [0.5, 0.6) is 0 Å². The summed E-state index contributed by atoms with van der Waals surface area (Å²) in [6, 6.07) is 3.63. The van der Waals surface area contributed by atoms with Crippen molar-refractivity contribution in [2.45, 2.75) is 13.0 Å². The third-order valence-electron chi connectivity index (χ3n) is 2.76. The number of nitrogens with one attached hydrogen (secondary N) is 2. The van der Waals surface area contributed by atoms with Crippen molar-refractivity contribution in [2.24, 2.45) is 0 Å². The molecule has 0 aliphatic heterocycles. The fraction of sp³-hybridized carbons (Fsp3) is 0.500. The molecule has 0 saturated heterocycles. The van der Waals surface area contributed by atoms with Crippen molar-refractivity contribution in [2.75, 3.05) is 33.0 Å². The molecule has 0 spiro atoms. The van der Waals surface area contributed by atoms with Crippen LogP contribution in [-0.2, 0) is 0 Å². The minimum absolute atomic E-state index is 0.245. The van der Waals surface area contributed by atoms with Crippen molar-refractivity contribution in [3.05, 3.63) is 22.8 Å². The number of pyridine rings is 1. The summed E-state index contributed by atoms with van der Waals surface area (Å²) in [5.41, 5.74) is 0.245. The zero-order valence-corrected chi connectivity index (χ0v) is 11.9. The van der Waals surface area contributed by atoms with Crippen molar-refractivity contribution < 1.29 is 4.79 Å². The van der Waals surface area contributed by atoms with Crippen LogP contribution < -0.4 is 10.6 Å². The molecule has 0 aromatic carbocycles. The Morgan fingerprint density at radius 2 is 2.17 bits per heavy atom. The lowest BCUT2D eigenvalue weighted by Crippen LogP contribution is -2.38. The second-order valence-electron chi connectivity index (χ2n) is 4.30. The molecule has 1 heterocycles. The number of nitrogens with zero attached hydrogens (tertiary/aromatic N) is 2. The molecule has 0 saturated carbocycles. The Balaban J connectivity index is 2.72. The van der Waals surface area contributed by atoms with Crippen LogP contribution >= 0.6 is 11.6 Å². The van der Waals surface area contributed by atoms with Crippen LogP contribution in [0, 0.1) is 0 Å². The number of amides is 1. The number of hydrogen-bond donors (Lipinski definition) is 2. The lowest BCUT2D eigenvalue weighted by molar-refractivity contribution is 0.0939. The summed E-state index contributed by atoms with van der Waals surface area (Å²) in [6.45, 7) is 2.58. The Morgan fingerprint density at radius 1 is 1.50 bits per heavy atom. The second kappa shape index (κ2) is 6.56. The summed E-state index contributed by atoms with van der Waals surface area (Å²) in [7, 11) is 5.67. The van der Waals surface area contributed by atoms with Crippen LogP contribution in [0.15, 0.2) is 12.1 Å². The Morgan fingerprint density at radius 3 is 2.72 bits per heavy atom. The number of likely N-dealkylation sites (N-methyl/N-ethyl adjacent to an activating group) is 1. The third-order valence-corrected chi connectivity index (χ3v) is 3.06. The van der Waals surface area contributed by atoms with Gasteiger partial charge in [0.1, 0.15) is 11.5 Å². The average Bonchev–Trinajstić information content (AvgIpc) is 2.35. The van der Waals surface area contributed by atoms with Crippen molar-refractivity contribution in [1.82, 2.24) is 15.2 Å². The number of anilines is 1. The summed E-state index contributed by atoms with van der Waals surface area (Å²) in [5, 5.41) is 6.04. The van der Waals surface area contributed by atoms with E-state index in [1.165, 1.54) is 0 Å². The molecule has 1 aromatic rings. The maximum absolute atomic E-state index is 12.0. The standard InChI is InChI=1S/C12H19ClN4O/c1-8(17(3)4)7-15-12(18)11-9(13)5-6-10(14-2)16-11/h5-6,8H,7H2,1-4H3,(H,14,16)(H,15,18). The van der Waals surface area contributed by atoms with E-state index >= 15 is 0 Å². The first-order valence-corrected chi connectivity index (χ1v) is 6.12. The quantitative estimate of drug-likeness (QED) is 0.851. The maximum atomic E-state index is 12.0. The van der Waals surface area contributed by atoms with Gasteiger partial charge in [0, 0.05) is 19.6 Å². The van der Waals surface area contributed by atoms with Crippen molar-refractivity contribution >= 4 is 23.3 Å². The molecule has 0 radical (unpaired) electrons. The third kappa shape index (κ3) is 3.85. The fourth-order valence-electron chi connectivity index (χ4n) is 1.25. The minimum Gasteiger partial charge on any atom is -0.373 e. The van der Waals surface area contributed by atoms with Gasteiger partial charge in [-0.2, -0.15) is 0 Å². The molecule has 2 N–H and O–H groups in total. The minimum atomic E-state index is -0.259. The normalized spacial score (nSPS) is 12.3. The monoisotopic (exact) mass is 270 g/mol. The molecule has 0 bridgehead atoms. The molecule has 1 unspecified atom stereocenters. The molecule has 0 fully saturated rings. The summed E-state index contributed by atoms with van der Waals surface area (Å²) < 4.78 is 0. The molecule has 1 atom stereocenters. The van der Waals surface area contributed by atoms with E-state index in [2.05, 4.69) is 15.6 Å². The SMILES string of the molecule is CNc1ccc(Cl)c(C(=O)NCC(C)N(C)C)n1. The Kier molecular flexibility index (Phi) is 5.37. The lowest BCUT2D eigenvalue weighted by atomic mass is 10.3. The van der Waals surface area contributed by atoms with Crippen molar-refractivity contribution in [1.29, 1.82) is 0 Å². The molecule has 5 nitrogen and oxygen atoms in total. The smallest absolute Gasteiger partial charge is 0.271 e. The Labute approximate surface area is 113 Å². The van der Waals surface area contributed by atoms with Gasteiger partial charge in [0.2, 0.25) is 0 Å². The van der Waals surface area contributed by atoms with E-state index in [-0.39, 0.29) is 17.6 Å². The number of halogens is 1. The van der Waals surface area contributed by atoms with Gasteiger partial charge in [-0.05, 0) is 33.2 Å². The molecule has 6 heteroatoms. The van der Waals surface area contributed by atoms with Crippen LogP contribution in [0.25, 0.3) is 0 Å². The molecule has 100 valence electrons. The van der Waals surface area contributed by atoms with Crippen molar-refractivity contribution in [3.63, 3.8) is 0 Å². The summed E-state index contributed by atoms with van der Waals surface area (Å²) in [4.78, 5) is 18.1. The summed E-state index contributed by atoms with van der Waals surface area (Å²) in [5.74, 6) is 0.357. The number of carbonyl (C=O) groups is 1.